The first-order chi connectivity index (χ1) is 9.56. The predicted octanol–water partition coefficient (Wildman–Crippen LogP) is -0.0596. The van der Waals surface area contributed by atoms with Gasteiger partial charge in [0.1, 0.15) is 11.5 Å². The molecule has 0 unspecified atom stereocenters. The number of halogens is 1. The van der Waals surface area contributed by atoms with Crippen LogP contribution in [0.1, 0.15) is 21.0 Å². The summed E-state index contributed by atoms with van der Waals surface area (Å²) in [5.74, 6) is -2.15. The van der Waals surface area contributed by atoms with Crippen molar-refractivity contribution in [3.8, 4) is 0 Å². The molecule has 0 saturated heterocycles. The van der Waals surface area contributed by atoms with E-state index in [1.165, 1.54) is 16.9 Å². The number of carboxylic acid groups (broad SMARTS) is 1. The largest absolute Gasteiger partial charge is 0.476 e. The van der Waals surface area contributed by atoms with Crippen LogP contribution < -0.4 is 5.32 Å². The van der Waals surface area contributed by atoms with Crippen LogP contribution >= 0.6 is 0 Å². The van der Waals surface area contributed by atoms with Gasteiger partial charge in [-0.15, -0.1) is 5.10 Å². The molecule has 0 aliphatic rings. The lowest BCUT2D eigenvalue weighted by atomic mass is 10.3. The van der Waals surface area contributed by atoms with Crippen molar-refractivity contribution in [1.82, 2.24) is 25.3 Å². The average molecular weight is 279 g/mol. The number of pyridine rings is 1. The van der Waals surface area contributed by atoms with Gasteiger partial charge >= 0.3 is 5.97 Å². The summed E-state index contributed by atoms with van der Waals surface area (Å²) in [6, 6.07) is 2.40. The summed E-state index contributed by atoms with van der Waals surface area (Å²) in [5, 5.41) is 18.2. The molecule has 0 aliphatic heterocycles. The van der Waals surface area contributed by atoms with Gasteiger partial charge in [-0.3, -0.25) is 4.79 Å². The molecule has 0 bridgehead atoms. The zero-order valence-corrected chi connectivity index (χ0v) is 10.2. The number of nitrogens with one attached hydrogen (secondary N) is 1. The minimum Gasteiger partial charge on any atom is -0.476 e. The maximum absolute atomic E-state index is 12.6. The molecule has 0 aliphatic carbocycles. The van der Waals surface area contributed by atoms with Crippen LogP contribution in [0.5, 0.6) is 0 Å². The molecule has 2 rings (SSSR count). The molecule has 9 heteroatoms. The summed E-state index contributed by atoms with van der Waals surface area (Å²) in [4.78, 5) is 25.8. The predicted molar refractivity (Wildman–Crippen MR) is 63.5 cm³/mol. The fourth-order valence-corrected chi connectivity index (χ4v) is 1.39. The van der Waals surface area contributed by atoms with Crippen molar-refractivity contribution >= 4 is 11.9 Å². The minimum atomic E-state index is -1.17. The molecule has 0 atom stereocenters. The monoisotopic (exact) mass is 279 g/mol. The SMILES string of the molecule is O=C(O)c1cn(CCNC(=O)c2ccc(F)cn2)nn1. The summed E-state index contributed by atoms with van der Waals surface area (Å²) >= 11 is 0. The Hall–Kier alpha value is -2.84. The zero-order chi connectivity index (χ0) is 14.5. The van der Waals surface area contributed by atoms with Crippen LogP contribution in [0.3, 0.4) is 0 Å². The van der Waals surface area contributed by atoms with Gasteiger partial charge in [-0.05, 0) is 12.1 Å². The third-order valence-electron chi connectivity index (χ3n) is 2.34. The van der Waals surface area contributed by atoms with Crippen LogP contribution in [0.4, 0.5) is 4.39 Å². The first-order valence-electron chi connectivity index (χ1n) is 5.59. The second-order valence-corrected chi connectivity index (χ2v) is 3.79. The van der Waals surface area contributed by atoms with Crippen LogP contribution in [0.25, 0.3) is 0 Å². The van der Waals surface area contributed by atoms with Gasteiger partial charge in [0.2, 0.25) is 0 Å². The third-order valence-corrected chi connectivity index (χ3v) is 2.34. The van der Waals surface area contributed by atoms with Gasteiger partial charge in [0.15, 0.2) is 5.69 Å². The Labute approximate surface area is 112 Å². The van der Waals surface area contributed by atoms with Crippen molar-refractivity contribution in [3.05, 3.63) is 41.7 Å². The highest BCUT2D eigenvalue weighted by atomic mass is 19.1. The number of nitrogens with zero attached hydrogens (tertiary/aromatic N) is 4. The fourth-order valence-electron chi connectivity index (χ4n) is 1.39. The van der Waals surface area contributed by atoms with Crippen LogP contribution in [0, 0.1) is 5.82 Å². The van der Waals surface area contributed by atoms with Gasteiger partial charge in [-0.1, -0.05) is 5.21 Å². The molecule has 104 valence electrons. The van der Waals surface area contributed by atoms with E-state index in [0.717, 1.165) is 12.3 Å². The molecule has 2 aromatic heterocycles. The van der Waals surface area contributed by atoms with Gasteiger partial charge in [-0.25, -0.2) is 18.9 Å². The summed E-state index contributed by atoms with van der Waals surface area (Å²) in [6.07, 6.45) is 2.20. The molecule has 2 N–H and O–H groups in total. The Morgan fingerprint density at radius 3 is 2.75 bits per heavy atom. The first kappa shape index (κ1) is 13.6. The van der Waals surface area contributed by atoms with Gasteiger partial charge in [0.05, 0.1) is 18.9 Å². The highest BCUT2D eigenvalue weighted by Crippen LogP contribution is 1.98. The van der Waals surface area contributed by atoms with Crippen molar-refractivity contribution in [2.75, 3.05) is 6.54 Å². The molecule has 0 spiro atoms. The molecule has 0 fully saturated rings. The van der Waals surface area contributed by atoms with Crippen molar-refractivity contribution in [2.45, 2.75) is 6.54 Å². The highest BCUT2D eigenvalue weighted by molar-refractivity contribution is 5.92. The molecule has 20 heavy (non-hydrogen) atoms. The molecule has 2 heterocycles. The lowest BCUT2D eigenvalue weighted by Gasteiger charge is -2.04. The summed E-state index contributed by atoms with van der Waals surface area (Å²) in [7, 11) is 0. The number of carbonyl (C=O) groups is 2. The number of hydrogen-bond acceptors (Lipinski definition) is 5. The van der Waals surface area contributed by atoms with E-state index in [4.69, 9.17) is 5.11 Å². The van der Waals surface area contributed by atoms with Gasteiger partial charge in [-0.2, -0.15) is 0 Å². The van der Waals surface area contributed by atoms with E-state index in [1.54, 1.807) is 0 Å². The van der Waals surface area contributed by atoms with E-state index in [9.17, 15) is 14.0 Å². The number of aromatic carboxylic acids is 1. The van der Waals surface area contributed by atoms with E-state index in [0.29, 0.717) is 0 Å². The van der Waals surface area contributed by atoms with Crippen LogP contribution in [0.15, 0.2) is 24.5 Å². The summed E-state index contributed by atoms with van der Waals surface area (Å²) < 4.78 is 13.9. The third kappa shape index (κ3) is 3.34. The Kier molecular flexibility index (Phi) is 3.99. The number of hydrogen-bond donors (Lipinski definition) is 2. The first-order valence-corrected chi connectivity index (χ1v) is 5.59. The lowest BCUT2D eigenvalue weighted by molar-refractivity contribution is 0.0690. The van der Waals surface area contributed by atoms with Crippen molar-refractivity contribution in [2.24, 2.45) is 0 Å². The van der Waals surface area contributed by atoms with Crippen LogP contribution in [0.2, 0.25) is 0 Å². The molecular formula is C11H10FN5O3. The number of rotatable bonds is 5. The summed E-state index contributed by atoms with van der Waals surface area (Å²) in [6.45, 7) is 0.466. The van der Waals surface area contributed by atoms with E-state index in [1.807, 2.05) is 0 Å². The zero-order valence-electron chi connectivity index (χ0n) is 10.2. The number of carboxylic acids is 1. The molecule has 0 saturated carbocycles. The van der Waals surface area contributed by atoms with Gasteiger partial charge in [0.25, 0.3) is 5.91 Å². The molecule has 0 radical (unpaired) electrons. The number of amides is 1. The maximum atomic E-state index is 12.6. The quantitative estimate of drug-likeness (QED) is 0.793. The molecular weight excluding hydrogens is 269 g/mol. The molecule has 2 aromatic rings. The normalized spacial score (nSPS) is 10.2. The Balaban J connectivity index is 1.84. The van der Waals surface area contributed by atoms with Crippen LogP contribution in [-0.4, -0.2) is 43.5 Å². The standard InChI is InChI=1S/C11H10FN5O3/c12-7-1-2-8(14-5-7)10(18)13-3-4-17-6-9(11(19)20)15-16-17/h1-2,5-6H,3-4H2,(H,13,18)(H,19,20). The van der Waals surface area contributed by atoms with Crippen molar-refractivity contribution in [3.63, 3.8) is 0 Å². The number of aromatic nitrogens is 4. The maximum Gasteiger partial charge on any atom is 0.358 e. The fraction of sp³-hybridized carbons (Fsp3) is 0.182. The van der Waals surface area contributed by atoms with Crippen molar-refractivity contribution in [1.29, 1.82) is 0 Å². The average Bonchev–Trinajstić information content (AvgIpc) is 2.88. The second kappa shape index (κ2) is 5.87. The van der Waals surface area contributed by atoms with Crippen LogP contribution in [-0.2, 0) is 6.54 Å². The molecule has 8 nitrogen and oxygen atoms in total. The lowest BCUT2D eigenvalue weighted by Crippen LogP contribution is -2.28. The van der Waals surface area contributed by atoms with Gasteiger partial charge < -0.3 is 10.4 Å². The summed E-state index contributed by atoms with van der Waals surface area (Å²) in [5.41, 5.74) is -0.0762. The van der Waals surface area contributed by atoms with E-state index >= 15 is 0 Å². The molecule has 0 aromatic carbocycles. The minimum absolute atomic E-state index is 0.0937. The topological polar surface area (TPSA) is 110 Å². The Morgan fingerprint density at radius 1 is 1.35 bits per heavy atom. The highest BCUT2D eigenvalue weighted by Gasteiger charge is 2.09. The van der Waals surface area contributed by atoms with E-state index in [2.05, 4.69) is 20.6 Å². The van der Waals surface area contributed by atoms with Crippen molar-refractivity contribution < 1.29 is 19.1 Å². The number of carbonyl (C=O) groups excluding carboxylic acids is 1. The molecule has 1 amide bonds. The smallest absolute Gasteiger partial charge is 0.358 e. The Morgan fingerprint density at radius 2 is 2.15 bits per heavy atom. The van der Waals surface area contributed by atoms with E-state index < -0.39 is 17.7 Å². The van der Waals surface area contributed by atoms with Gasteiger partial charge in [0, 0.05) is 6.54 Å². The van der Waals surface area contributed by atoms with E-state index in [-0.39, 0.29) is 24.5 Å². The second-order valence-electron chi connectivity index (χ2n) is 3.79. The Bertz CT molecular complexity index is 625.